The van der Waals surface area contributed by atoms with Crippen molar-refractivity contribution in [2.45, 2.75) is 18.9 Å². The van der Waals surface area contributed by atoms with Crippen LogP contribution in [0.5, 0.6) is 11.5 Å². The zero-order chi connectivity index (χ0) is 21.3. The Labute approximate surface area is 173 Å². The molecule has 7 heteroatoms. The summed E-state index contributed by atoms with van der Waals surface area (Å²) in [5.41, 5.74) is 0.903. The number of fused-ring (bicyclic) bond motifs is 1. The predicted octanol–water partition coefficient (Wildman–Crippen LogP) is 3.64. The van der Waals surface area contributed by atoms with Crippen LogP contribution in [0.1, 0.15) is 29.2 Å². The van der Waals surface area contributed by atoms with E-state index in [-0.39, 0.29) is 23.3 Å². The third-order valence-corrected chi connectivity index (χ3v) is 5.65. The van der Waals surface area contributed by atoms with Crippen LogP contribution in [0.2, 0.25) is 0 Å². The van der Waals surface area contributed by atoms with Gasteiger partial charge in [-0.3, -0.25) is 9.59 Å². The van der Waals surface area contributed by atoms with Crippen LogP contribution in [0.4, 0.5) is 4.39 Å². The van der Waals surface area contributed by atoms with Gasteiger partial charge in [-0.25, -0.2) is 4.39 Å². The van der Waals surface area contributed by atoms with Crippen LogP contribution in [-0.2, 0) is 0 Å². The average Bonchev–Trinajstić information content (AvgIpc) is 2.78. The number of amides is 1. The molecule has 0 spiro atoms. The maximum atomic E-state index is 13.8. The van der Waals surface area contributed by atoms with Crippen molar-refractivity contribution in [3.63, 3.8) is 0 Å². The molecule has 156 valence electrons. The number of likely N-dealkylation sites (tertiary alicyclic amines) is 1. The van der Waals surface area contributed by atoms with Gasteiger partial charge >= 0.3 is 0 Å². The van der Waals surface area contributed by atoms with Crippen molar-refractivity contribution < 1.29 is 18.7 Å². The van der Waals surface area contributed by atoms with Gasteiger partial charge in [0.05, 0.1) is 25.3 Å². The molecule has 3 aromatic rings. The van der Waals surface area contributed by atoms with Gasteiger partial charge in [0.1, 0.15) is 17.3 Å². The van der Waals surface area contributed by atoms with Gasteiger partial charge in [0.25, 0.3) is 11.5 Å². The number of benzene rings is 2. The number of hydrogen-bond donors (Lipinski definition) is 0. The molecule has 0 N–H and O–H groups in total. The number of halogens is 1. The number of carbonyl (C=O) groups is 1. The Morgan fingerprint density at radius 1 is 1.00 bits per heavy atom. The first-order valence-electron chi connectivity index (χ1n) is 9.84. The lowest BCUT2D eigenvalue weighted by atomic mass is 10.0. The van der Waals surface area contributed by atoms with Gasteiger partial charge < -0.3 is 18.9 Å². The third kappa shape index (κ3) is 3.63. The van der Waals surface area contributed by atoms with Crippen LogP contribution in [0.3, 0.4) is 0 Å². The van der Waals surface area contributed by atoms with Crippen LogP contribution in [0.25, 0.3) is 10.9 Å². The summed E-state index contributed by atoms with van der Waals surface area (Å²) in [7, 11) is 3.08. The minimum atomic E-state index is -0.374. The van der Waals surface area contributed by atoms with E-state index in [4.69, 9.17) is 9.47 Å². The van der Waals surface area contributed by atoms with E-state index in [1.54, 1.807) is 46.9 Å². The van der Waals surface area contributed by atoms with Crippen molar-refractivity contribution in [2.75, 3.05) is 27.3 Å². The van der Waals surface area contributed by atoms with E-state index in [2.05, 4.69) is 0 Å². The Morgan fingerprint density at radius 3 is 2.43 bits per heavy atom. The summed E-state index contributed by atoms with van der Waals surface area (Å²) in [6.45, 7) is 0.994. The van der Waals surface area contributed by atoms with Gasteiger partial charge in [-0.15, -0.1) is 0 Å². The number of carbonyl (C=O) groups excluding carboxylic acids is 1. The molecule has 0 unspecified atom stereocenters. The summed E-state index contributed by atoms with van der Waals surface area (Å²) in [5.74, 6) is 0.581. The minimum Gasteiger partial charge on any atom is -0.497 e. The second kappa shape index (κ2) is 8.18. The van der Waals surface area contributed by atoms with Crippen molar-refractivity contribution in [1.29, 1.82) is 0 Å². The van der Waals surface area contributed by atoms with Gasteiger partial charge in [0.2, 0.25) is 0 Å². The van der Waals surface area contributed by atoms with E-state index < -0.39 is 0 Å². The number of rotatable bonds is 4. The number of methoxy groups -OCH3 is 2. The van der Waals surface area contributed by atoms with Crippen LogP contribution >= 0.6 is 0 Å². The van der Waals surface area contributed by atoms with Crippen LogP contribution in [-0.4, -0.2) is 42.7 Å². The number of hydrogen-bond acceptors (Lipinski definition) is 4. The summed E-state index contributed by atoms with van der Waals surface area (Å²) < 4.78 is 26.0. The highest BCUT2D eigenvalue weighted by Crippen LogP contribution is 2.29. The summed E-state index contributed by atoms with van der Waals surface area (Å²) in [4.78, 5) is 27.4. The lowest BCUT2D eigenvalue weighted by Gasteiger charge is -2.33. The molecule has 1 fully saturated rings. The summed E-state index contributed by atoms with van der Waals surface area (Å²) >= 11 is 0. The number of aromatic nitrogens is 1. The monoisotopic (exact) mass is 410 g/mol. The van der Waals surface area contributed by atoms with Crippen molar-refractivity contribution >= 4 is 16.8 Å². The summed E-state index contributed by atoms with van der Waals surface area (Å²) in [6.07, 6.45) is 1.22. The molecule has 2 heterocycles. The molecule has 0 aliphatic carbocycles. The molecule has 4 rings (SSSR count). The van der Waals surface area contributed by atoms with E-state index in [0.29, 0.717) is 48.5 Å². The van der Waals surface area contributed by atoms with E-state index in [0.717, 1.165) is 5.39 Å². The average molecular weight is 410 g/mol. The zero-order valence-electron chi connectivity index (χ0n) is 16.9. The highest BCUT2D eigenvalue weighted by atomic mass is 19.1. The van der Waals surface area contributed by atoms with Crippen molar-refractivity contribution in [3.05, 3.63) is 70.3 Å². The number of ether oxygens (including phenoxy) is 2. The maximum absolute atomic E-state index is 13.8. The predicted molar refractivity (Wildman–Crippen MR) is 112 cm³/mol. The van der Waals surface area contributed by atoms with E-state index in [1.807, 2.05) is 0 Å². The number of nitrogens with zero attached hydrogens (tertiary/aromatic N) is 2. The second-order valence-corrected chi connectivity index (χ2v) is 7.33. The molecule has 2 aromatic carbocycles. The topological polar surface area (TPSA) is 60.8 Å². The molecule has 6 nitrogen and oxygen atoms in total. The van der Waals surface area contributed by atoms with Crippen molar-refractivity contribution in [2.24, 2.45) is 0 Å². The van der Waals surface area contributed by atoms with Crippen LogP contribution in [0.15, 0.2) is 53.3 Å². The molecular formula is C23H23FN2O4. The van der Waals surface area contributed by atoms with Gasteiger partial charge in [-0.2, -0.15) is 0 Å². The van der Waals surface area contributed by atoms with Gasteiger partial charge in [0, 0.05) is 31.3 Å². The highest BCUT2D eigenvalue weighted by Gasteiger charge is 2.27. The third-order valence-electron chi connectivity index (χ3n) is 5.65. The molecule has 0 atom stereocenters. The molecule has 1 saturated heterocycles. The molecule has 1 amide bonds. The molecule has 0 bridgehead atoms. The number of pyridine rings is 1. The molecule has 0 saturated carbocycles. The van der Waals surface area contributed by atoms with E-state index in [1.165, 1.54) is 25.3 Å². The quantitative estimate of drug-likeness (QED) is 0.659. The summed E-state index contributed by atoms with van der Waals surface area (Å²) in [6, 6.07) is 12.7. The molecular weight excluding hydrogens is 387 g/mol. The minimum absolute atomic E-state index is 0.0928. The van der Waals surface area contributed by atoms with Gasteiger partial charge in [0.15, 0.2) is 0 Å². The van der Waals surface area contributed by atoms with E-state index >= 15 is 0 Å². The van der Waals surface area contributed by atoms with Crippen molar-refractivity contribution in [1.82, 2.24) is 9.47 Å². The largest absolute Gasteiger partial charge is 0.497 e. The fraction of sp³-hybridized carbons (Fsp3) is 0.304. The molecule has 0 radical (unpaired) electrons. The SMILES string of the molecule is COc1ccc(C(=O)N2CCC(n3c(=O)ccc4ccc(F)cc43)CC2)c(OC)c1. The van der Waals surface area contributed by atoms with Crippen LogP contribution in [0, 0.1) is 5.82 Å². The standard InChI is InChI=1S/C23H23FN2O4/c1-29-18-6-7-19(21(14-18)30-2)23(28)25-11-9-17(10-12-25)26-20-13-16(24)5-3-15(20)4-8-22(26)27/h3-8,13-14,17H,9-12H2,1-2H3. The number of piperidine rings is 1. The van der Waals surface area contributed by atoms with Gasteiger partial charge in [-0.05, 0) is 54.6 Å². The Kier molecular flexibility index (Phi) is 5.44. The van der Waals surface area contributed by atoms with E-state index in [9.17, 15) is 14.0 Å². The lowest BCUT2D eigenvalue weighted by Crippen LogP contribution is -2.41. The Balaban J connectivity index is 1.56. The first kappa shape index (κ1) is 19.9. The lowest BCUT2D eigenvalue weighted by molar-refractivity contribution is 0.0691. The molecule has 1 aliphatic rings. The molecule has 1 aromatic heterocycles. The fourth-order valence-corrected chi connectivity index (χ4v) is 4.08. The van der Waals surface area contributed by atoms with Crippen molar-refractivity contribution in [3.8, 4) is 11.5 Å². The Morgan fingerprint density at radius 2 is 1.73 bits per heavy atom. The molecule has 1 aliphatic heterocycles. The first-order chi connectivity index (χ1) is 14.5. The second-order valence-electron chi connectivity index (χ2n) is 7.33. The first-order valence-corrected chi connectivity index (χ1v) is 9.84. The maximum Gasteiger partial charge on any atom is 0.257 e. The Hall–Kier alpha value is -3.35. The molecule has 30 heavy (non-hydrogen) atoms. The van der Waals surface area contributed by atoms with Crippen LogP contribution < -0.4 is 15.0 Å². The highest BCUT2D eigenvalue weighted by molar-refractivity contribution is 5.97. The zero-order valence-corrected chi connectivity index (χ0v) is 16.9. The Bertz CT molecular complexity index is 1150. The van der Waals surface area contributed by atoms with Gasteiger partial charge in [-0.1, -0.05) is 0 Å². The fourth-order valence-electron chi connectivity index (χ4n) is 4.08. The normalized spacial score (nSPS) is 14.7. The summed E-state index contributed by atoms with van der Waals surface area (Å²) in [5, 5.41) is 0.817. The smallest absolute Gasteiger partial charge is 0.257 e.